The zero-order valence-electron chi connectivity index (χ0n) is 76.7. The molecule has 0 bridgehead atoms. The first-order valence-electron chi connectivity index (χ1n) is 44.8. The van der Waals surface area contributed by atoms with Gasteiger partial charge in [0.05, 0.1) is 147 Å². The molecule has 140 heavy (non-hydrogen) atoms. The van der Waals surface area contributed by atoms with Crippen LogP contribution in [0.1, 0.15) is 114 Å². The molecule has 56 heteroatoms. The molecule has 6 unspecified atom stereocenters. The third-order valence-electron chi connectivity index (χ3n) is 21.9. The van der Waals surface area contributed by atoms with Crippen LogP contribution < -0.4 is 52.6 Å². The summed E-state index contributed by atoms with van der Waals surface area (Å²) < 4.78 is 167. The molecule has 0 radical (unpaired) electrons. The lowest BCUT2D eigenvalue weighted by Crippen LogP contribution is -2.48. The van der Waals surface area contributed by atoms with Crippen molar-refractivity contribution in [3.63, 3.8) is 0 Å². The monoisotopic (exact) mass is 2090 g/mol. The number of ether oxygens (including phenoxy) is 9. The summed E-state index contributed by atoms with van der Waals surface area (Å²) in [7, 11) is -20.4. The van der Waals surface area contributed by atoms with Gasteiger partial charge in [0.2, 0.25) is 23.6 Å². The first-order valence-corrected chi connectivity index (χ1v) is 58.2. The third-order valence-corrected chi connectivity index (χ3v) is 43.5. The number of azide groups is 2. The summed E-state index contributed by atoms with van der Waals surface area (Å²) in [5.74, 6) is 2.26. The predicted octanol–water partition coefficient (Wildman–Crippen LogP) is 7.33. The summed E-state index contributed by atoms with van der Waals surface area (Å²) in [6.07, 6.45) is 2.64. The molecule has 0 spiro atoms. The number of nitrogens with zero attached hydrogens (tertiary/aromatic N) is 12. The number of fused-ring (bicyclic) bond motifs is 5. The Kier molecular flexibility index (Phi) is 44.6. The quantitative estimate of drug-likeness (QED) is 0.00204. The Morgan fingerprint density at radius 1 is 0.729 bits per heavy atom. The Morgan fingerprint density at radius 2 is 1.38 bits per heavy atom. The molecule has 4 aromatic carbocycles. The fraction of sp³-hybridized carbons (Fsp3) is 0.536. The first-order chi connectivity index (χ1) is 67.0. The molecule has 6 amide bonds. The summed E-state index contributed by atoms with van der Waals surface area (Å²) in [5, 5.41) is 22.5. The molecule has 49 nitrogen and oxygen atoms in total. The van der Waals surface area contributed by atoms with Crippen molar-refractivity contribution in [1.82, 2.24) is 46.0 Å². The molecule has 15 N–H and O–H groups in total. The van der Waals surface area contributed by atoms with Crippen molar-refractivity contribution in [2.24, 2.45) is 16.0 Å². The van der Waals surface area contributed by atoms with E-state index in [2.05, 4.69) is 90.4 Å². The normalized spacial score (nSPS) is 16.3. The van der Waals surface area contributed by atoms with Crippen molar-refractivity contribution in [2.75, 3.05) is 192 Å². The highest BCUT2D eigenvalue weighted by atomic mass is 32.8. The molecular weight excluding hydrogens is 1970 g/mol. The van der Waals surface area contributed by atoms with Gasteiger partial charge in [-0.05, 0) is 128 Å². The van der Waals surface area contributed by atoms with E-state index in [0.29, 0.717) is 137 Å². The number of hydrogen-bond acceptors (Lipinski definition) is 31. The Labute approximate surface area is 809 Å². The van der Waals surface area contributed by atoms with Crippen molar-refractivity contribution < 1.29 is 140 Å². The van der Waals surface area contributed by atoms with E-state index in [4.69, 9.17) is 68.6 Å². The van der Waals surface area contributed by atoms with Gasteiger partial charge in [0.25, 0.3) is 38.8 Å². The van der Waals surface area contributed by atoms with E-state index in [0.717, 1.165) is 35.3 Å². The van der Waals surface area contributed by atoms with Crippen LogP contribution in [0.4, 0.5) is 17.2 Å². The van der Waals surface area contributed by atoms with E-state index in [9.17, 15) is 88.7 Å². The highest BCUT2D eigenvalue weighted by Crippen LogP contribution is 2.93. The Balaban J connectivity index is 0.704. The lowest BCUT2D eigenvalue weighted by atomic mass is 9.89. The van der Waals surface area contributed by atoms with Gasteiger partial charge in [-0.15, -0.1) is 0 Å². The van der Waals surface area contributed by atoms with Gasteiger partial charge in [0, 0.05) is 129 Å². The number of carbonyl (C=O) groups excluding carboxylic acids is 6. The number of hydrogen-bond donors (Lipinski definition) is 13. The minimum Gasteiger partial charge on any atom is -0.491 e. The lowest BCUT2D eigenvalue weighted by Gasteiger charge is -2.31. The Hall–Kier alpha value is -9.82. The van der Waals surface area contributed by atoms with Crippen LogP contribution in [0.2, 0.25) is 0 Å². The van der Waals surface area contributed by atoms with Crippen molar-refractivity contribution >= 4 is 143 Å². The van der Waals surface area contributed by atoms with Crippen LogP contribution in [-0.4, -0.2) is 301 Å². The number of anilines is 3. The molecule has 3 aliphatic rings. The Bertz CT molecular complexity index is 5900. The van der Waals surface area contributed by atoms with Crippen molar-refractivity contribution in [1.29, 1.82) is 0 Å². The molecule has 10 rings (SSSR count). The van der Waals surface area contributed by atoms with Crippen LogP contribution in [0.15, 0.2) is 100.0 Å². The van der Waals surface area contributed by atoms with E-state index in [-0.39, 0.29) is 156 Å². The minimum absolute atomic E-state index is 0.00840. The number of aromatic nitrogens is 3. The number of amides is 6. The fourth-order valence-electron chi connectivity index (χ4n) is 15.6. The maximum Gasteiger partial charge on any atom is 0.363 e. The maximum absolute atomic E-state index is 15.0. The van der Waals surface area contributed by atoms with Gasteiger partial charge in [-0.1, -0.05) is 46.3 Å². The standard InChI is InChI=1S/C84H116N19O30P5S2/c1-100(84(109)63-19-3-2-18-62(63)79-64-46-57-15-8-29-101(31-11-43-139(117,118)119)67(57)48-69(64)132-70-49-68-58(47-65(70)79)16-9-30-102(68)32-12-44-140(120,121)122)28-10-21-74(105)96-66(20-4-5-24-89-73(104)22-33-123-35-37-125-39-40-126-38-36-124-34-23-85)83(108)92-27-26-91-82(107)59-13-6-17-61(45-59)129-54-76(97-99-88)128-42-41-127-53-75(106)90-25-7-14-60-51-103(81-78(60)80(86)93-55-94-81)77-50-71(130-56-95-98-87)72(133-77)52-131-137(113,114)135-138(115,116)134-136(110,111)112/h2-3,6,13,17-19,45-49,51,55,66,71-72,76-77,134-135H,4-5,8-12,15-16,20-44,50,52-54,56,85H2,1H3,(H12-,86,89,90,91,92,93,94,96,104,105,106,107,108,110,111,112,113,114,115,116,117,118,119,120,121,122)/p+1/t66?,71-,72-,76?,77-/m1/s1. The maximum atomic E-state index is 15.0. The predicted molar refractivity (Wildman–Crippen MR) is 519 cm³/mol. The SMILES string of the molecule is CN(CCCC(=O)NC(CCCCNC(=O)CCOCCOCCOCCOCCN)C(=O)NCCNC(=O)c1cccc(OCC(N=[N+]=[N-])OCCOCC(=O)NCC#Cc2cn([C@H]3C[C@@H](OCN=[N+]=[N-])[C@@H](COP(=O)(O)PP(=O)(O)PP(=O)(O)O)O3)c3ncnc(N)c23)c1)C(=O)c1ccccc1-c1c2cc3c(cc2[o+]c2cc4c(cc12)CCCN4CCCS(=O)(=O)O)N(CCCS(=O)(=O)O)CCC3. The number of carbonyl (C=O) groups is 6. The smallest absolute Gasteiger partial charge is 0.363 e. The number of nitrogens with one attached hydrogen (secondary N) is 5. The van der Waals surface area contributed by atoms with Crippen molar-refractivity contribution in [3.05, 3.63) is 134 Å². The molecule has 0 aliphatic carbocycles. The highest BCUT2D eigenvalue weighted by molar-refractivity contribution is 8.78. The summed E-state index contributed by atoms with van der Waals surface area (Å²) >= 11 is 0. The van der Waals surface area contributed by atoms with Crippen molar-refractivity contribution in [2.45, 2.75) is 114 Å². The summed E-state index contributed by atoms with van der Waals surface area (Å²) in [6, 6.07) is 20.1. The van der Waals surface area contributed by atoms with E-state index in [1.165, 1.54) is 34.1 Å². The van der Waals surface area contributed by atoms with Gasteiger partial charge < -0.3 is 124 Å². The van der Waals surface area contributed by atoms with E-state index >= 15 is 4.79 Å². The van der Waals surface area contributed by atoms with Gasteiger partial charge in [-0.2, -0.15) is 16.8 Å². The molecular formula is C84H117N19O30P5S2+. The number of nitrogen functional groups attached to an aromatic ring is 1. The largest absolute Gasteiger partial charge is 0.491 e. The van der Waals surface area contributed by atoms with Crippen LogP contribution in [0.3, 0.4) is 0 Å². The first kappa shape index (κ1) is 112. The van der Waals surface area contributed by atoms with Crippen molar-refractivity contribution in [3.8, 4) is 28.7 Å². The lowest BCUT2D eigenvalue weighted by molar-refractivity contribution is -0.129. The van der Waals surface area contributed by atoms with E-state index in [1.807, 2.05) is 24.3 Å². The van der Waals surface area contributed by atoms with Crippen LogP contribution >= 0.6 is 37.2 Å². The number of benzene rings is 4. The van der Waals surface area contributed by atoms with E-state index in [1.54, 1.807) is 31.3 Å². The average molecular weight is 2090 g/mol. The Morgan fingerprint density at radius 3 is 2.03 bits per heavy atom. The van der Waals surface area contributed by atoms with Crippen LogP contribution in [-0.2, 0) is 108 Å². The van der Waals surface area contributed by atoms with Gasteiger partial charge >= 0.3 is 25.7 Å². The molecule has 9 atom stereocenters. The molecule has 764 valence electrons. The second kappa shape index (κ2) is 55.7. The second-order valence-electron chi connectivity index (χ2n) is 32.2. The number of nitrogens with two attached hydrogens (primary N) is 2. The molecule has 1 fully saturated rings. The van der Waals surface area contributed by atoms with E-state index < -0.39 is 143 Å². The average Bonchev–Trinajstić information content (AvgIpc) is 1.26. The summed E-state index contributed by atoms with van der Waals surface area (Å²) in [6.45, 7) is -2.03. The molecule has 1 saturated heterocycles. The molecule has 3 aromatic heterocycles. The third kappa shape index (κ3) is 36.9. The molecule has 0 saturated carbocycles. The highest BCUT2D eigenvalue weighted by Gasteiger charge is 2.43. The van der Waals surface area contributed by atoms with Gasteiger partial charge in [0.15, 0.2) is 6.23 Å². The van der Waals surface area contributed by atoms with Crippen LogP contribution in [0.5, 0.6) is 5.75 Å². The number of aryl methyl sites for hydroxylation is 2. The van der Waals surface area contributed by atoms with Crippen LogP contribution in [0, 0.1) is 11.8 Å². The van der Waals surface area contributed by atoms with Gasteiger partial charge in [-0.25, -0.2) is 14.4 Å². The zero-order chi connectivity index (χ0) is 101. The molecule has 7 aromatic rings. The molecule has 3 aliphatic heterocycles. The topological polar surface area (TPSA) is 697 Å². The summed E-state index contributed by atoms with van der Waals surface area (Å²) in [4.78, 5) is 141. The van der Waals surface area contributed by atoms with Gasteiger partial charge in [-0.3, -0.25) is 51.6 Å². The zero-order valence-corrected chi connectivity index (χ0v) is 83.0. The number of rotatable bonds is 61. The summed E-state index contributed by atoms with van der Waals surface area (Å²) in [5.41, 5.74) is 36.7. The minimum atomic E-state index is -5.03. The fourth-order valence-corrected chi connectivity index (χ4v) is 39.3. The van der Waals surface area contributed by atoms with Crippen LogP contribution in [0.25, 0.3) is 65.0 Å². The molecule has 6 heterocycles. The number of unbranched alkanes of at least 4 members (excludes halogenated alkanes) is 1. The second-order valence-corrected chi connectivity index (χ2v) is 52.5. The van der Waals surface area contributed by atoms with Gasteiger partial charge in [0.1, 0.15) is 61.9 Å².